The van der Waals surface area contributed by atoms with E-state index in [9.17, 15) is 9.59 Å². The van der Waals surface area contributed by atoms with Crippen molar-refractivity contribution in [3.63, 3.8) is 0 Å². The Kier molecular flexibility index (Phi) is 10.5. The molecule has 2 aliphatic heterocycles. The smallest absolute Gasteiger partial charge is 0.225 e. The first-order valence-corrected chi connectivity index (χ1v) is 12.1. The summed E-state index contributed by atoms with van der Waals surface area (Å²) in [5.41, 5.74) is 0. The zero-order chi connectivity index (χ0) is 20.4. The lowest BCUT2D eigenvalue weighted by atomic mass is 9.79. The van der Waals surface area contributed by atoms with Crippen molar-refractivity contribution in [2.45, 2.75) is 91.4 Å². The molecule has 0 unspecified atom stereocenters. The van der Waals surface area contributed by atoms with Gasteiger partial charge in [0.2, 0.25) is 5.91 Å². The Balaban J connectivity index is 0.00000136. The normalized spacial score (nSPS) is 27.0. The van der Waals surface area contributed by atoms with E-state index in [-0.39, 0.29) is 11.8 Å². The van der Waals surface area contributed by atoms with Crippen LogP contribution in [0.15, 0.2) is 0 Å². The minimum absolute atomic E-state index is 0.182. The van der Waals surface area contributed by atoms with Crippen molar-refractivity contribution >= 4 is 11.7 Å². The molecule has 3 aliphatic rings. The molecule has 0 aromatic carbocycles. The molecule has 3 fully saturated rings. The van der Waals surface area contributed by atoms with Crippen molar-refractivity contribution in [1.29, 1.82) is 0 Å². The van der Waals surface area contributed by atoms with Gasteiger partial charge >= 0.3 is 0 Å². The van der Waals surface area contributed by atoms with Gasteiger partial charge in [0.1, 0.15) is 5.78 Å². The molecule has 1 amide bonds. The fraction of sp³-hybridized carbons (Fsp3) is 0.917. The second kappa shape index (κ2) is 12.6. The number of carbonyl (C=O) groups is 2. The van der Waals surface area contributed by atoms with Crippen molar-refractivity contribution < 1.29 is 9.59 Å². The monoisotopic (exact) mass is 392 g/mol. The van der Waals surface area contributed by atoms with Crippen LogP contribution in [0.25, 0.3) is 0 Å². The standard InChI is InChI=1S/C22H38N2O2.C2H6/c1-18(25)20-7-9-21(10-8-20)22(26)24-16-11-19(12-17-24)6-5-15-23-13-3-2-4-14-23;1-2/h19-21H,2-17H2,1H3;1-2H3. The molecule has 28 heavy (non-hydrogen) atoms. The first-order valence-electron chi connectivity index (χ1n) is 12.1. The van der Waals surface area contributed by atoms with Crippen LogP contribution >= 0.6 is 0 Å². The average molecular weight is 393 g/mol. The van der Waals surface area contributed by atoms with E-state index in [1.165, 1.54) is 64.6 Å². The molecule has 0 bridgehead atoms. The van der Waals surface area contributed by atoms with Gasteiger partial charge in [-0.25, -0.2) is 0 Å². The van der Waals surface area contributed by atoms with Gasteiger partial charge in [-0.15, -0.1) is 0 Å². The highest BCUT2D eigenvalue weighted by Crippen LogP contribution is 2.32. The summed E-state index contributed by atoms with van der Waals surface area (Å²) in [6, 6.07) is 0. The Morgan fingerprint density at radius 3 is 1.93 bits per heavy atom. The van der Waals surface area contributed by atoms with Crippen LogP contribution in [0, 0.1) is 17.8 Å². The second-order valence-electron chi connectivity index (χ2n) is 8.97. The van der Waals surface area contributed by atoms with Crippen LogP contribution in [-0.4, -0.2) is 54.2 Å². The average Bonchev–Trinajstić information content (AvgIpc) is 2.76. The van der Waals surface area contributed by atoms with Crippen molar-refractivity contribution in [1.82, 2.24) is 9.80 Å². The predicted octanol–water partition coefficient (Wildman–Crippen LogP) is 4.91. The maximum Gasteiger partial charge on any atom is 0.225 e. The summed E-state index contributed by atoms with van der Waals surface area (Å²) in [6.07, 6.45) is 12.9. The van der Waals surface area contributed by atoms with E-state index in [4.69, 9.17) is 0 Å². The number of piperidine rings is 2. The minimum atomic E-state index is 0.182. The summed E-state index contributed by atoms with van der Waals surface area (Å²) < 4.78 is 0. The van der Waals surface area contributed by atoms with Crippen molar-refractivity contribution in [3.05, 3.63) is 0 Å². The summed E-state index contributed by atoms with van der Waals surface area (Å²) in [4.78, 5) is 29.1. The first-order chi connectivity index (χ1) is 13.6. The zero-order valence-corrected chi connectivity index (χ0v) is 18.8. The molecule has 162 valence electrons. The molecule has 0 radical (unpaired) electrons. The molecule has 3 rings (SSSR count). The molecule has 4 heteroatoms. The van der Waals surface area contributed by atoms with Gasteiger partial charge in [-0.1, -0.05) is 20.3 Å². The van der Waals surface area contributed by atoms with E-state index in [0.29, 0.717) is 11.7 Å². The third-order valence-electron chi connectivity index (χ3n) is 7.11. The maximum absolute atomic E-state index is 12.8. The molecule has 1 saturated carbocycles. The van der Waals surface area contributed by atoms with Gasteiger partial charge in [0.25, 0.3) is 0 Å². The van der Waals surface area contributed by atoms with Gasteiger partial charge in [-0.3, -0.25) is 9.59 Å². The fourth-order valence-electron chi connectivity index (χ4n) is 5.23. The van der Waals surface area contributed by atoms with E-state index < -0.39 is 0 Å². The number of rotatable bonds is 6. The number of likely N-dealkylation sites (tertiary alicyclic amines) is 2. The highest BCUT2D eigenvalue weighted by Gasteiger charge is 2.32. The third-order valence-corrected chi connectivity index (χ3v) is 7.11. The first kappa shape index (κ1) is 23.4. The fourth-order valence-corrected chi connectivity index (χ4v) is 5.23. The molecular formula is C24H44N2O2. The quantitative estimate of drug-likeness (QED) is 0.645. The number of carbonyl (C=O) groups excluding carboxylic acids is 2. The van der Waals surface area contributed by atoms with Gasteiger partial charge in [-0.2, -0.15) is 0 Å². The molecule has 1 aliphatic carbocycles. The Morgan fingerprint density at radius 2 is 1.36 bits per heavy atom. The highest BCUT2D eigenvalue weighted by atomic mass is 16.2. The maximum atomic E-state index is 12.8. The zero-order valence-electron chi connectivity index (χ0n) is 18.8. The molecule has 0 N–H and O–H groups in total. The van der Waals surface area contributed by atoms with E-state index in [1.807, 2.05) is 13.8 Å². The molecule has 2 saturated heterocycles. The number of nitrogens with zero attached hydrogens (tertiary/aromatic N) is 2. The highest BCUT2D eigenvalue weighted by molar-refractivity contribution is 5.81. The predicted molar refractivity (Wildman–Crippen MR) is 116 cm³/mol. The van der Waals surface area contributed by atoms with Gasteiger partial charge < -0.3 is 9.80 Å². The van der Waals surface area contributed by atoms with E-state index in [0.717, 1.165) is 44.7 Å². The molecule has 0 aromatic rings. The van der Waals surface area contributed by atoms with Crippen molar-refractivity contribution in [2.75, 3.05) is 32.7 Å². The molecular weight excluding hydrogens is 348 g/mol. The van der Waals surface area contributed by atoms with Crippen LogP contribution in [0.2, 0.25) is 0 Å². The summed E-state index contributed by atoms with van der Waals surface area (Å²) in [5.74, 6) is 1.89. The summed E-state index contributed by atoms with van der Waals surface area (Å²) >= 11 is 0. The van der Waals surface area contributed by atoms with Crippen molar-refractivity contribution in [2.24, 2.45) is 17.8 Å². The van der Waals surface area contributed by atoms with Gasteiger partial charge in [0.15, 0.2) is 0 Å². The number of Topliss-reactive ketones (excluding diaryl/α,β-unsaturated/α-hetero) is 1. The summed E-state index contributed by atoms with van der Waals surface area (Å²) in [5, 5.41) is 0. The summed E-state index contributed by atoms with van der Waals surface area (Å²) in [7, 11) is 0. The molecule has 0 aromatic heterocycles. The second-order valence-corrected chi connectivity index (χ2v) is 8.97. The van der Waals surface area contributed by atoms with Crippen LogP contribution < -0.4 is 0 Å². The molecule has 0 atom stereocenters. The van der Waals surface area contributed by atoms with Gasteiger partial charge in [0, 0.05) is 24.9 Å². The third kappa shape index (κ3) is 7.17. The summed E-state index contributed by atoms with van der Waals surface area (Å²) in [6.45, 7) is 11.5. The molecule has 0 spiro atoms. The van der Waals surface area contributed by atoms with Crippen LogP contribution in [0.3, 0.4) is 0 Å². The SMILES string of the molecule is CC.CC(=O)C1CCC(C(=O)N2CCC(CCCN3CCCCC3)CC2)CC1. The Morgan fingerprint density at radius 1 is 0.786 bits per heavy atom. The topological polar surface area (TPSA) is 40.6 Å². The Hall–Kier alpha value is -0.900. The van der Waals surface area contributed by atoms with E-state index >= 15 is 0 Å². The van der Waals surface area contributed by atoms with Crippen molar-refractivity contribution in [3.8, 4) is 0 Å². The number of hydrogen-bond donors (Lipinski definition) is 0. The van der Waals surface area contributed by atoms with E-state index in [1.54, 1.807) is 6.92 Å². The minimum Gasteiger partial charge on any atom is -0.342 e. The van der Waals surface area contributed by atoms with E-state index in [2.05, 4.69) is 9.80 Å². The Labute approximate surface area is 173 Å². The van der Waals surface area contributed by atoms with Crippen LogP contribution in [0.1, 0.15) is 91.4 Å². The lowest BCUT2D eigenvalue weighted by Gasteiger charge is -2.36. The molecule has 4 nitrogen and oxygen atoms in total. The number of amides is 1. The molecule has 2 heterocycles. The number of hydrogen-bond acceptors (Lipinski definition) is 3. The Bertz CT molecular complexity index is 457. The largest absolute Gasteiger partial charge is 0.342 e. The number of ketones is 1. The van der Waals surface area contributed by atoms with Crippen LogP contribution in [0.5, 0.6) is 0 Å². The van der Waals surface area contributed by atoms with Crippen LogP contribution in [0.4, 0.5) is 0 Å². The van der Waals surface area contributed by atoms with Gasteiger partial charge in [0.05, 0.1) is 0 Å². The lowest BCUT2D eigenvalue weighted by molar-refractivity contribution is -0.139. The lowest BCUT2D eigenvalue weighted by Crippen LogP contribution is -2.43. The van der Waals surface area contributed by atoms with Crippen LogP contribution in [-0.2, 0) is 9.59 Å². The van der Waals surface area contributed by atoms with Gasteiger partial charge in [-0.05, 0) is 96.7 Å².